The molecule has 3 N–H and O–H groups in total. The predicted molar refractivity (Wildman–Crippen MR) is 96.4 cm³/mol. The molecular formula is C18H26N4O3. The number of hydrogen-bond donors (Lipinski definition) is 3. The minimum Gasteiger partial charge on any atom is -0.483 e. The van der Waals surface area contributed by atoms with E-state index in [1.54, 1.807) is 7.11 Å². The number of fused-ring (bicyclic) bond motifs is 1. The van der Waals surface area contributed by atoms with E-state index in [9.17, 15) is 4.79 Å². The van der Waals surface area contributed by atoms with Gasteiger partial charge in [-0.15, -0.1) is 0 Å². The number of ether oxygens (including phenoxy) is 2. The lowest BCUT2D eigenvalue weighted by atomic mass is 10.0. The summed E-state index contributed by atoms with van der Waals surface area (Å²) < 4.78 is 13.0. The van der Waals surface area contributed by atoms with Crippen LogP contribution in [0.5, 0.6) is 5.75 Å². The van der Waals surface area contributed by atoms with Crippen molar-refractivity contribution in [2.24, 2.45) is 5.92 Å². The third-order valence-corrected chi connectivity index (χ3v) is 4.63. The molecule has 0 spiro atoms. The van der Waals surface area contributed by atoms with Crippen LogP contribution in [0.25, 0.3) is 10.9 Å². The summed E-state index contributed by atoms with van der Waals surface area (Å²) in [7, 11) is 1.69. The van der Waals surface area contributed by atoms with Crippen LogP contribution in [0.15, 0.2) is 30.5 Å². The molecule has 136 valence electrons. The molecule has 1 amide bonds. The van der Waals surface area contributed by atoms with Crippen molar-refractivity contribution >= 4 is 16.8 Å². The number of carbonyl (C=O) groups excluding carboxylic acids is 1. The number of nitrogens with one attached hydrogen (secondary N) is 3. The summed E-state index contributed by atoms with van der Waals surface area (Å²) in [5, 5.41) is 3.94. The van der Waals surface area contributed by atoms with E-state index in [1.165, 1.54) is 0 Å². The van der Waals surface area contributed by atoms with Crippen LogP contribution in [0.3, 0.4) is 0 Å². The molecule has 1 aromatic heterocycles. The van der Waals surface area contributed by atoms with Crippen LogP contribution in [0, 0.1) is 5.92 Å². The maximum Gasteiger partial charge on any atom is 0.257 e. The Morgan fingerprint density at radius 1 is 1.40 bits per heavy atom. The summed E-state index contributed by atoms with van der Waals surface area (Å²) >= 11 is 0. The Kier molecular flexibility index (Phi) is 5.91. The molecule has 3 rings (SSSR count). The summed E-state index contributed by atoms with van der Waals surface area (Å²) in [6, 6.07) is 8.23. The minimum absolute atomic E-state index is 0.0182. The van der Waals surface area contributed by atoms with Gasteiger partial charge in [0.2, 0.25) is 0 Å². The van der Waals surface area contributed by atoms with Gasteiger partial charge in [0.15, 0.2) is 6.61 Å². The van der Waals surface area contributed by atoms with Crippen molar-refractivity contribution in [3.63, 3.8) is 0 Å². The van der Waals surface area contributed by atoms with Gasteiger partial charge in [0.25, 0.3) is 5.91 Å². The van der Waals surface area contributed by atoms with E-state index in [4.69, 9.17) is 9.47 Å². The fourth-order valence-electron chi connectivity index (χ4n) is 3.04. The molecule has 0 saturated carbocycles. The van der Waals surface area contributed by atoms with Crippen LogP contribution in [0.2, 0.25) is 0 Å². The molecule has 1 saturated heterocycles. The summed E-state index contributed by atoms with van der Waals surface area (Å²) in [5.41, 5.74) is 7.32. The number of hydrogen-bond acceptors (Lipinski definition) is 5. The lowest BCUT2D eigenvalue weighted by Gasteiger charge is -2.15. The van der Waals surface area contributed by atoms with Gasteiger partial charge >= 0.3 is 0 Å². The van der Waals surface area contributed by atoms with E-state index >= 15 is 0 Å². The maximum atomic E-state index is 12.1. The normalized spacial score (nSPS) is 20.1. The van der Waals surface area contributed by atoms with Crippen LogP contribution < -0.4 is 20.9 Å². The summed E-state index contributed by atoms with van der Waals surface area (Å²) in [6.07, 6.45) is 2.01. The quantitative estimate of drug-likeness (QED) is 0.662. The number of carbonyl (C=O) groups is 1. The van der Waals surface area contributed by atoms with Crippen LogP contribution in [0.4, 0.5) is 0 Å². The third kappa shape index (κ3) is 4.31. The molecule has 0 radical (unpaired) electrons. The fraction of sp³-hybridized carbons (Fsp3) is 0.500. The van der Waals surface area contributed by atoms with Gasteiger partial charge < -0.3 is 19.4 Å². The van der Waals surface area contributed by atoms with Gasteiger partial charge in [-0.25, -0.2) is 0 Å². The molecule has 0 bridgehead atoms. The van der Waals surface area contributed by atoms with E-state index in [-0.39, 0.29) is 12.5 Å². The van der Waals surface area contributed by atoms with Crippen molar-refractivity contribution in [2.45, 2.75) is 19.5 Å². The predicted octanol–water partition coefficient (Wildman–Crippen LogP) is 0.895. The molecule has 1 fully saturated rings. The molecule has 1 aliphatic heterocycles. The summed E-state index contributed by atoms with van der Waals surface area (Å²) in [4.78, 5) is 12.1. The maximum absolute atomic E-state index is 12.1. The van der Waals surface area contributed by atoms with Crippen molar-refractivity contribution in [3.05, 3.63) is 30.5 Å². The molecule has 1 aliphatic rings. The second-order valence-corrected chi connectivity index (χ2v) is 6.36. The van der Waals surface area contributed by atoms with E-state index in [0.29, 0.717) is 25.1 Å². The molecule has 2 unspecified atom stereocenters. The van der Waals surface area contributed by atoms with Crippen LogP contribution in [-0.4, -0.2) is 49.9 Å². The first-order valence-electron chi connectivity index (χ1n) is 8.63. The number of methoxy groups -OCH3 is 1. The van der Waals surface area contributed by atoms with Crippen molar-refractivity contribution < 1.29 is 14.3 Å². The Morgan fingerprint density at radius 2 is 2.28 bits per heavy atom. The number of benzene rings is 1. The summed E-state index contributed by atoms with van der Waals surface area (Å²) in [5.74, 6) is 1.01. The molecule has 2 heterocycles. The highest BCUT2D eigenvalue weighted by Crippen LogP contribution is 2.26. The molecule has 0 aliphatic carbocycles. The number of amides is 1. The monoisotopic (exact) mass is 346 g/mol. The Morgan fingerprint density at radius 3 is 3.04 bits per heavy atom. The Labute approximate surface area is 147 Å². The average Bonchev–Trinajstić information content (AvgIpc) is 3.22. The van der Waals surface area contributed by atoms with E-state index in [2.05, 4.69) is 27.7 Å². The van der Waals surface area contributed by atoms with Gasteiger partial charge in [-0.05, 0) is 25.1 Å². The second kappa shape index (κ2) is 8.33. The van der Waals surface area contributed by atoms with Gasteiger partial charge in [-0.1, -0.05) is 6.07 Å². The van der Waals surface area contributed by atoms with Gasteiger partial charge in [0.05, 0.1) is 12.1 Å². The second-order valence-electron chi connectivity index (χ2n) is 6.36. The topological polar surface area (TPSA) is 76.5 Å². The molecule has 7 nitrogen and oxygen atoms in total. The number of aromatic nitrogens is 1. The first kappa shape index (κ1) is 17.7. The van der Waals surface area contributed by atoms with Gasteiger partial charge in [-0.2, -0.15) is 0 Å². The SMILES string of the molecule is COCCn1ccc2c(OCC(=O)NCC3CNNC3C)cccc21. The lowest BCUT2D eigenvalue weighted by Crippen LogP contribution is -2.37. The highest BCUT2D eigenvalue weighted by atomic mass is 16.5. The van der Waals surface area contributed by atoms with Gasteiger partial charge in [0.1, 0.15) is 5.75 Å². The van der Waals surface area contributed by atoms with E-state index < -0.39 is 0 Å². The largest absolute Gasteiger partial charge is 0.483 e. The van der Waals surface area contributed by atoms with Crippen LogP contribution in [0.1, 0.15) is 6.92 Å². The first-order valence-corrected chi connectivity index (χ1v) is 8.63. The molecule has 7 heteroatoms. The van der Waals surface area contributed by atoms with E-state index in [0.717, 1.165) is 29.7 Å². The lowest BCUT2D eigenvalue weighted by molar-refractivity contribution is -0.123. The first-order chi connectivity index (χ1) is 12.2. The highest BCUT2D eigenvalue weighted by Gasteiger charge is 2.22. The zero-order valence-electron chi connectivity index (χ0n) is 14.7. The number of nitrogens with zero attached hydrogens (tertiary/aromatic N) is 1. The van der Waals surface area contributed by atoms with Crippen molar-refractivity contribution in [1.82, 2.24) is 20.7 Å². The van der Waals surface area contributed by atoms with Crippen molar-refractivity contribution in [3.8, 4) is 5.75 Å². The Balaban J connectivity index is 1.55. The smallest absolute Gasteiger partial charge is 0.257 e. The van der Waals surface area contributed by atoms with Gasteiger partial charge in [0, 0.05) is 50.3 Å². The number of hydrazine groups is 1. The molecular weight excluding hydrogens is 320 g/mol. The zero-order chi connectivity index (χ0) is 17.6. The van der Waals surface area contributed by atoms with Crippen LogP contribution >= 0.6 is 0 Å². The van der Waals surface area contributed by atoms with E-state index in [1.807, 2.05) is 30.5 Å². The molecule has 2 aromatic rings. The van der Waals surface area contributed by atoms with Crippen LogP contribution in [-0.2, 0) is 16.1 Å². The molecule has 2 atom stereocenters. The minimum atomic E-state index is -0.102. The molecule has 1 aromatic carbocycles. The van der Waals surface area contributed by atoms with Crippen molar-refractivity contribution in [2.75, 3.05) is 33.4 Å². The van der Waals surface area contributed by atoms with Crippen molar-refractivity contribution in [1.29, 1.82) is 0 Å². The Bertz CT molecular complexity index is 715. The standard InChI is InChI=1S/C18H26N4O3/c1-13-14(11-20-21-13)10-19-18(23)12-25-17-5-3-4-16-15(17)6-7-22(16)8-9-24-2/h3-7,13-14,20-21H,8-12H2,1-2H3,(H,19,23). The van der Waals surface area contributed by atoms with Gasteiger partial charge in [-0.3, -0.25) is 15.6 Å². The Hall–Kier alpha value is -2.09. The zero-order valence-corrected chi connectivity index (χ0v) is 14.7. The number of rotatable bonds is 8. The third-order valence-electron chi connectivity index (χ3n) is 4.63. The average molecular weight is 346 g/mol. The highest BCUT2D eigenvalue weighted by molar-refractivity contribution is 5.87. The summed E-state index contributed by atoms with van der Waals surface area (Å²) in [6.45, 7) is 5.05. The fourth-order valence-corrected chi connectivity index (χ4v) is 3.04. The molecule has 25 heavy (non-hydrogen) atoms.